The van der Waals surface area contributed by atoms with E-state index in [9.17, 15) is 9.59 Å². The minimum Gasteiger partial charge on any atom is -0.478 e. The zero-order chi connectivity index (χ0) is 13.8. The average molecular weight is 283 g/mol. The Bertz CT molecular complexity index is 287. The Balaban J connectivity index is 0. The Labute approximate surface area is 131 Å². The van der Waals surface area contributed by atoms with Crippen molar-refractivity contribution in [3.63, 3.8) is 0 Å². The molecule has 4 nitrogen and oxygen atoms in total. The van der Waals surface area contributed by atoms with Gasteiger partial charge >= 0.3 is 35.0 Å². The van der Waals surface area contributed by atoms with Crippen molar-refractivity contribution in [3.05, 3.63) is 11.8 Å². The molecule has 5 heteroatoms. The number of aliphatic carboxylic acids is 1. The summed E-state index contributed by atoms with van der Waals surface area (Å²) in [5, 5.41) is 8.55. The molecule has 0 amide bonds. The molecule has 0 heterocycles. The number of hydrogen-bond acceptors (Lipinski definition) is 3. The van der Waals surface area contributed by atoms with Crippen LogP contribution in [-0.4, -0.2) is 40.1 Å². The molecule has 0 aromatic rings. The summed E-state index contributed by atoms with van der Waals surface area (Å²) >= 11 is 0. The number of carboxylic acids is 1. The molecule has 0 aromatic heterocycles. The molecule has 0 saturated carbocycles. The molecular formula is C14H26MgO4. The van der Waals surface area contributed by atoms with Gasteiger partial charge in [0.2, 0.25) is 0 Å². The summed E-state index contributed by atoms with van der Waals surface area (Å²) in [5.41, 5.74) is 0.0305. The SMILES string of the molecule is CCCCCCCCCC(=O)OC=C(C)C(=O)O.[MgH2]. The first-order valence-electron chi connectivity index (χ1n) is 6.67. The smallest absolute Gasteiger partial charge is 0.334 e. The molecule has 0 bridgehead atoms. The molecule has 0 atom stereocenters. The van der Waals surface area contributed by atoms with Crippen molar-refractivity contribution in [2.75, 3.05) is 0 Å². The van der Waals surface area contributed by atoms with Crippen molar-refractivity contribution < 1.29 is 19.4 Å². The molecule has 1 N–H and O–H groups in total. The summed E-state index contributed by atoms with van der Waals surface area (Å²) < 4.78 is 4.73. The van der Waals surface area contributed by atoms with Crippen LogP contribution in [-0.2, 0) is 14.3 Å². The molecule has 0 aliphatic heterocycles. The maximum Gasteiger partial charge on any atom is 0.334 e. The highest BCUT2D eigenvalue weighted by Gasteiger charge is 2.04. The predicted octanol–water partition coefficient (Wildman–Crippen LogP) is 2.74. The quantitative estimate of drug-likeness (QED) is 0.220. The highest BCUT2D eigenvalue weighted by molar-refractivity contribution is 5.85. The summed E-state index contributed by atoms with van der Waals surface area (Å²) in [4.78, 5) is 21.7. The molecule has 0 spiro atoms. The van der Waals surface area contributed by atoms with Gasteiger partial charge in [-0.25, -0.2) is 4.79 Å². The van der Waals surface area contributed by atoms with Gasteiger partial charge in [0, 0.05) is 6.42 Å². The lowest BCUT2D eigenvalue weighted by Crippen LogP contribution is -2.02. The van der Waals surface area contributed by atoms with E-state index in [0.29, 0.717) is 6.42 Å². The second-order valence-electron chi connectivity index (χ2n) is 4.47. The van der Waals surface area contributed by atoms with Crippen LogP contribution in [0.1, 0.15) is 65.2 Å². The molecule has 0 radical (unpaired) electrons. The largest absolute Gasteiger partial charge is 0.478 e. The molecule has 0 aromatic carbocycles. The van der Waals surface area contributed by atoms with Crippen molar-refractivity contribution >= 4 is 35.0 Å². The molecule has 0 saturated heterocycles. The Hall–Kier alpha value is -0.554. The Morgan fingerprint density at radius 2 is 1.58 bits per heavy atom. The molecule has 0 aliphatic carbocycles. The maximum absolute atomic E-state index is 11.2. The van der Waals surface area contributed by atoms with Gasteiger partial charge in [0.25, 0.3) is 0 Å². The number of rotatable bonds is 10. The monoisotopic (exact) mass is 282 g/mol. The van der Waals surface area contributed by atoms with Crippen LogP contribution < -0.4 is 0 Å². The van der Waals surface area contributed by atoms with Crippen LogP contribution in [0, 0.1) is 0 Å². The van der Waals surface area contributed by atoms with Crippen molar-refractivity contribution in [2.24, 2.45) is 0 Å². The van der Waals surface area contributed by atoms with E-state index in [1.54, 1.807) is 0 Å². The van der Waals surface area contributed by atoms with Crippen LogP contribution >= 0.6 is 0 Å². The van der Waals surface area contributed by atoms with Crippen LogP contribution in [0.25, 0.3) is 0 Å². The Morgan fingerprint density at radius 1 is 1.05 bits per heavy atom. The van der Waals surface area contributed by atoms with E-state index in [0.717, 1.165) is 25.5 Å². The van der Waals surface area contributed by atoms with Crippen molar-refractivity contribution in [3.8, 4) is 0 Å². The lowest BCUT2D eigenvalue weighted by atomic mass is 10.1. The second-order valence-corrected chi connectivity index (χ2v) is 4.47. The number of hydrogen-bond donors (Lipinski definition) is 1. The number of esters is 1. The first-order chi connectivity index (χ1) is 8.57. The topological polar surface area (TPSA) is 63.6 Å². The van der Waals surface area contributed by atoms with Gasteiger partial charge < -0.3 is 9.84 Å². The number of carbonyl (C=O) groups excluding carboxylic acids is 1. The first-order valence-corrected chi connectivity index (χ1v) is 6.67. The third-order valence-electron chi connectivity index (χ3n) is 2.69. The van der Waals surface area contributed by atoms with Crippen molar-refractivity contribution in [1.82, 2.24) is 0 Å². The van der Waals surface area contributed by atoms with E-state index in [4.69, 9.17) is 9.84 Å². The standard InChI is InChI=1S/C14H24O4.Mg.2H/c1-3-4-5-6-7-8-9-10-13(15)18-11-12(2)14(16)17;;;/h11H,3-10H2,1-2H3,(H,16,17);;;. The van der Waals surface area contributed by atoms with Gasteiger partial charge in [0.15, 0.2) is 0 Å². The number of unbranched alkanes of at least 4 members (excludes halogenated alkanes) is 6. The number of carboxylic acid groups (broad SMARTS) is 1. The fourth-order valence-electron chi connectivity index (χ4n) is 1.49. The van der Waals surface area contributed by atoms with E-state index in [2.05, 4.69) is 6.92 Å². The molecular weight excluding hydrogens is 256 g/mol. The van der Waals surface area contributed by atoms with E-state index in [1.165, 1.54) is 32.6 Å². The molecule has 0 unspecified atom stereocenters. The highest BCUT2D eigenvalue weighted by atomic mass is 24.3. The van der Waals surface area contributed by atoms with E-state index in [1.807, 2.05) is 0 Å². The molecule has 0 fully saturated rings. The summed E-state index contributed by atoms with van der Waals surface area (Å²) in [7, 11) is 0. The lowest BCUT2D eigenvalue weighted by molar-refractivity contribution is -0.138. The van der Waals surface area contributed by atoms with Gasteiger partial charge in [-0.2, -0.15) is 0 Å². The highest BCUT2D eigenvalue weighted by Crippen LogP contribution is 2.09. The second kappa shape index (κ2) is 13.9. The fraction of sp³-hybridized carbons (Fsp3) is 0.714. The number of carbonyl (C=O) groups is 2. The maximum atomic E-state index is 11.2. The van der Waals surface area contributed by atoms with Gasteiger partial charge in [-0.05, 0) is 13.3 Å². The van der Waals surface area contributed by atoms with Crippen LogP contribution in [0.4, 0.5) is 0 Å². The molecule has 108 valence electrons. The van der Waals surface area contributed by atoms with Crippen LogP contribution in [0.3, 0.4) is 0 Å². The normalized spacial score (nSPS) is 10.7. The van der Waals surface area contributed by atoms with Crippen LogP contribution in [0.5, 0.6) is 0 Å². The summed E-state index contributed by atoms with van der Waals surface area (Å²) in [5.74, 6) is -1.43. The predicted molar refractivity (Wildman–Crippen MR) is 78.6 cm³/mol. The molecule has 0 rings (SSSR count). The minimum atomic E-state index is -1.07. The number of ether oxygens (including phenoxy) is 1. The van der Waals surface area contributed by atoms with Gasteiger partial charge in [0.1, 0.15) is 6.26 Å². The first kappa shape index (κ1) is 20.8. The van der Waals surface area contributed by atoms with Crippen molar-refractivity contribution in [1.29, 1.82) is 0 Å². The van der Waals surface area contributed by atoms with Gasteiger partial charge in [-0.1, -0.05) is 45.4 Å². The van der Waals surface area contributed by atoms with Gasteiger partial charge in [-0.15, -0.1) is 0 Å². The fourth-order valence-corrected chi connectivity index (χ4v) is 1.49. The molecule has 0 aliphatic rings. The van der Waals surface area contributed by atoms with E-state index >= 15 is 0 Å². The Morgan fingerprint density at radius 3 is 2.11 bits per heavy atom. The van der Waals surface area contributed by atoms with Gasteiger partial charge in [-0.3, -0.25) is 4.79 Å². The molecule has 19 heavy (non-hydrogen) atoms. The van der Waals surface area contributed by atoms with Gasteiger partial charge in [0.05, 0.1) is 5.57 Å². The summed E-state index contributed by atoms with van der Waals surface area (Å²) in [6.45, 7) is 3.58. The van der Waals surface area contributed by atoms with Crippen LogP contribution in [0.15, 0.2) is 11.8 Å². The summed E-state index contributed by atoms with van der Waals surface area (Å²) in [6.07, 6.45) is 9.36. The third-order valence-corrected chi connectivity index (χ3v) is 2.69. The lowest BCUT2D eigenvalue weighted by Gasteiger charge is -2.01. The average Bonchev–Trinajstić information content (AvgIpc) is 2.34. The van der Waals surface area contributed by atoms with Crippen LogP contribution in [0.2, 0.25) is 0 Å². The third kappa shape index (κ3) is 13.7. The summed E-state index contributed by atoms with van der Waals surface area (Å²) in [6, 6.07) is 0. The van der Waals surface area contributed by atoms with E-state index < -0.39 is 5.97 Å². The zero-order valence-electron chi connectivity index (χ0n) is 11.4. The minimum absolute atomic E-state index is 0. The van der Waals surface area contributed by atoms with Crippen molar-refractivity contribution in [2.45, 2.75) is 65.2 Å². The van der Waals surface area contributed by atoms with E-state index in [-0.39, 0.29) is 34.6 Å². The Kier molecular flexibility index (Phi) is 15.2. The zero-order valence-corrected chi connectivity index (χ0v) is 11.4.